The van der Waals surface area contributed by atoms with Crippen LogP contribution < -0.4 is 19.5 Å². The van der Waals surface area contributed by atoms with Crippen LogP contribution in [0.3, 0.4) is 0 Å². The molecule has 1 amide bonds. The lowest BCUT2D eigenvalue weighted by atomic mass is 10.1. The maximum absolute atomic E-state index is 13.1. The second kappa shape index (κ2) is 8.14. The average Bonchev–Trinajstić information content (AvgIpc) is 3.12. The Labute approximate surface area is 179 Å². The number of carbonyl (C=O) groups excluding carboxylic acids is 1. The van der Waals surface area contributed by atoms with E-state index in [1.165, 1.54) is 21.3 Å². The Morgan fingerprint density at radius 1 is 1.03 bits per heavy atom. The fraction of sp³-hybridized carbons (Fsp3) is 0.261. The van der Waals surface area contributed by atoms with Gasteiger partial charge in [0.1, 0.15) is 0 Å². The molecule has 0 aliphatic carbocycles. The lowest BCUT2D eigenvalue weighted by molar-refractivity contribution is 0.102. The minimum atomic E-state index is -0.342. The quantitative estimate of drug-likeness (QED) is 0.503. The van der Waals surface area contributed by atoms with E-state index in [0.29, 0.717) is 35.2 Å². The van der Waals surface area contributed by atoms with Gasteiger partial charge in [0.05, 0.1) is 32.2 Å². The van der Waals surface area contributed by atoms with Crippen molar-refractivity contribution in [2.24, 2.45) is 0 Å². The number of anilines is 1. The lowest BCUT2D eigenvalue weighted by Crippen LogP contribution is -2.13. The van der Waals surface area contributed by atoms with Crippen molar-refractivity contribution in [3.05, 3.63) is 47.5 Å². The smallest absolute Gasteiger partial charge is 0.257 e. The second-order valence-electron chi connectivity index (χ2n) is 7.09. The molecule has 2 aromatic heterocycles. The van der Waals surface area contributed by atoms with Gasteiger partial charge in [0.2, 0.25) is 5.75 Å². The Balaban J connectivity index is 1.78. The van der Waals surface area contributed by atoms with Crippen molar-refractivity contribution in [1.82, 2.24) is 14.8 Å². The zero-order valence-corrected chi connectivity index (χ0v) is 18.1. The molecule has 8 heteroatoms. The number of methoxy groups -OCH3 is 3. The van der Waals surface area contributed by atoms with Crippen molar-refractivity contribution in [1.29, 1.82) is 0 Å². The standard InChI is InChI=1S/C23H24N4O4/c1-6-27-22-16(10-14-8-7-13(2)9-17(14)24-22)21(26-27)25-23(28)15-11-18(29-3)20(31-5)19(12-15)30-4/h7-12H,6H2,1-5H3,(H,25,26,28). The van der Waals surface area contributed by atoms with Crippen LogP contribution in [0.15, 0.2) is 36.4 Å². The number of carbonyl (C=O) groups is 1. The first-order valence-electron chi connectivity index (χ1n) is 9.88. The van der Waals surface area contributed by atoms with Crippen molar-refractivity contribution < 1.29 is 19.0 Å². The normalized spacial score (nSPS) is 11.0. The summed E-state index contributed by atoms with van der Waals surface area (Å²) in [6.07, 6.45) is 0. The van der Waals surface area contributed by atoms with E-state index in [9.17, 15) is 4.79 Å². The van der Waals surface area contributed by atoms with Gasteiger partial charge in [-0.15, -0.1) is 0 Å². The number of hydrogen-bond acceptors (Lipinski definition) is 6. The maximum Gasteiger partial charge on any atom is 0.257 e. The molecule has 1 N–H and O–H groups in total. The molecule has 2 heterocycles. The second-order valence-corrected chi connectivity index (χ2v) is 7.09. The molecule has 31 heavy (non-hydrogen) atoms. The highest BCUT2D eigenvalue weighted by atomic mass is 16.5. The molecule has 0 spiro atoms. The van der Waals surface area contributed by atoms with Gasteiger partial charge < -0.3 is 19.5 Å². The van der Waals surface area contributed by atoms with Gasteiger partial charge in [-0.25, -0.2) is 9.67 Å². The highest BCUT2D eigenvalue weighted by molar-refractivity contribution is 6.09. The summed E-state index contributed by atoms with van der Waals surface area (Å²) in [4.78, 5) is 17.8. The molecule has 0 unspecified atom stereocenters. The fourth-order valence-electron chi connectivity index (χ4n) is 3.56. The number of ether oxygens (including phenoxy) is 3. The largest absolute Gasteiger partial charge is 0.493 e. The van der Waals surface area contributed by atoms with Gasteiger partial charge in [0.25, 0.3) is 5.91 Å². The predicted molar refractivity (Wildman–Crippen MR) is 119 cm³/mol. The number of aromatic nitrogens is 3. The van der Waals surface area contributed by atoms with E-state index in [2.05, 4.69) is 10.4 Å². The number of fused-ring (bicyclic) bond motifs is 2. The Morgan fingerprint density at radius 3 is 2.35 bits per heavy atom. The number of hydrogen-bond donors (Lipinski definition) is 1. The summed E-state index contributed by atoms with van der Waals surface area (Å²) >= 11 is 0. The Hall–Kier alpha value is -3.81. The van der Waals surface area contributed by atoms with Crippen molar-refractivity contribution in [2.45, 2.75) is 20.4 Å². The van der Waals surface area contributed by atoms with Crippen LogP contribution in [-0.2, 0) is 6.54 Å². The van der Waals surface area contributed by atoms with E-state index in [1.807, 2.05) is 38.1 Å². The predicted octanol–water partition coefficient (Wildman–Crippen LogP) is 4.19. The fourth-order valence-corrected chi connectivity index (χ4v) is 3.56. The molecule has 0 aliphatic rings. The zero-order valence-electron chi connectivity index (χ0n) is 18.1. The van der Waals surface area contributed by atoms with E-state index in [-0.39, 0.29) is 5.91 Å². The van der Waals surface area contributed by atoms with E-state index in [1.54, 1.807) is 16.8 Å². The first-order valence-corrected chi connectivity index (χ1v) is 9.88. The molecule has 0 saturated heterocycles. The summed E-state index contributed by atoms with van der Waals surface area (Å²) in [6.45, 7) is 4.64. The van der Waals surface area contributed by atoms with Crippen LogP contribution >= 0.6 is 0 Å². The minimum Gasteiger partial charge on any atom is -0.493 e. The maximum atomic E-state index is 13.1. The van der Waals surface area contributed by atoms with Gasteiger partial charge >= 0.3 is 0 Å². The van der Waals surface area contributed by atoms with Crippen LogP contribution in [0, 0.1) is 6.92 Å². The summed E-state index contributed by atoms with van der Waals surface area (Å²) in [5, 5.41) is 9.24. The molecule has 0 bridgehead atoms. The first kappa shape index (κ1) is 20.5. The topological polar surface area (TPSA) is 87.5 Å². The lowest BCUT2D eigenvalue weighted by Gasteiger charge is -2.13. The van der Waals surface area contributed by atoms with E-state index < -0.39 is 0 Å². The molecule has 2 aromatic carbocycles. The molecule has 8 nitrogen and oxygen atoms in total. The highest BCUT2D eigenvalue weighted by Crippen LogP contribution is 2.38. The number of rotatable bonds is 6. The molecular weight excluding hydrogens is 396 g/mol. The van der Waals surface area contributed by atoms with E-state index >= 15 is 0 Å². The first-order chi connectivity index (χ1) is 15.0. The summed E-state index contributed by atoms with van der Waals surface area (Å²) in [5.41, 5.74) is 3.11. The van der Waals surface area contributed by atoms with E-state index in [4.69, 9.17) is 19.2 Å². The van der Waals surface area contributed by atoms with Crippen LogP contribution in [0.5, 0.6) is 17.2 Å². The zero-order chi connectivity index (χ0) is 22.1. The van der Waals surface area contributed by atoms with E-state index in [0.717, 1.165) is 27.5 Å². The summed E-state index contributed by atoms with van der Waals surface area (Å²) in [7, 11) is 4.53. The molecule has 0 atom stereocenters. The van der Waals surface area contributed by atoms with Gasteiger partial charge in [-0.3, -0.25) is 4.79 Å². The van der Waals surface area contributed by atoms with Gasteiger partial charge in [0, 0.05) is 17.5 Å². The third kappa shape index (κ3) is 3.61. The van der Waals surface area contributed by atoms with Crippen LogP contribution in [0.1, 0.15) is 22.8 Å². The third-order valence-corrected chi connectivity index (χ3v) is 5.13. The summed E-state index contributed by atoms with van der Waals surface area (Å²) < 4.78 is 17.8. The van der Waals surface area contributed by atoms with Crippen molar-refractivity contribution >= 4 is 33.7 Å². The number of pyridine rings is 1. The van der Waals surface area contributed by atoms with Gasteiger partial charge in [-0.05, 0) is 43.7 Å². The van der Waals surface area contributed by atoms with Crippen molar-refractivity contribution in [3.8, 4) is 17.2 Å². The average molecular weight is 420 g/mol. The van der Waals surface area contributed by atoms with Crippen LogP contribution in [0.25, 0.3) is 21.9 Å². The molecule has 0 saturated carbocycles. The Bertz CT molecular complexity index is 1270. The minimum absolute atomic E-state index is 0.342. The van der Waals surface area contributed by atoms with Crippen molar-refractivity contribution in [3.63, 3.8) is 0 Å². The number of amides is 1. The van der Waals surface area contributed by atoms with Crippen LogP contribution in [-0.4, -0.2) is 42.0 Å². The monoisotopic (exact) mass is 420 g/mol. The highest BCUT2D eigenvalue weighted by Gasteiger charge is 2.20. The Morgan fingerprint density at radius 2 is 1.74 bits per heavy atom. The molecule has 0 aliphatic heterocycles. The number of benzene rings is 2. The molecule has 0 fully saturated rings. The molecule has 4 aromatic rings. The summed E-state index contributed by atoms with van der Waals surface area (Å²) in [5.74, 6) is 1.34. The molecule has 0 radical (unpaired) electrons. The number of aryl methyl sites for hydroxylation is 2. The molecule has 160 valence electrons. The Kier molecular flexibility index (Phi) is 5.37. The van der Waals surface area contributed by atoms with Crippen molar-refractivity contribution in [2.75, 3.05) is 26.6 Å². The van der Waals surface area contributed by atoms with Gasteiger partial charge in [0.15, 0.2) is 23.0 Å². The van der Waals surface area contributed by atoms with Gasteiger partial charge in [-0.2, -0.15) is 5.10 Å². The molecule has 4 rings (SSSR count). The molecular formula is C23H24N4O4. The SMILES string of the molecule is CCn1nc(NC(=O)c2cc(OC)c(OC)c(OC)c2)c2cc3ccc(C)cc3nc21. The number of nitrogens with one attached hydrogen (secondary N) is 1. The van der Waals surface area contributed by atoms with Crippen LogP contribution in [0.4, 0.5) is 5.82 Å². The summed E-state index contributed by atoms with van der Waals surface area (Å²) in [6, 6.07) is 11.3. The number of nitrogens with zero attached hydrogens (tertiary/aromatic N) is 3. The van der Waals surface area contributed by atoms with Gasteiger partial charge in [-0.1, -0.05) is 12.1 Å². The third-order valence-electron chi connectivity index (χ3n) is 5.13. The van der Waals surface area contributed by atoms with Crippen LogP contribution in [0.2, 0.25) is 0 Å².